The van der Waals surface area contributed by atoms with Crippen molar-refractivity contribution in [2.24, 2.45) is 0 Å². The molecule has 0 spiro atoms. The summed E-state index contributed by atoms with van der Waals surface area (Å²) < 4.78 is 10.3. The monoisotopic (exact) mass is 266 g/mol. The molecule has 1 N–H and O–H groups in total. The predicted octanol–water partition coefficient (Wildman–Crippen LogP) is 2.29. The Morgan fingerprint density at radius 1 is 1.06 bits per heavy atom. The van der Waals surface area contributed by atoms with Crippen LogP contribution in [0.4, 0.5) is 11.6 Å². The van der Waals surface area contributed by atoms with Gasteiger partial charge >= 0.3 is 0 Å². The van der Waals surface area contributed by atoms with Gasteiger partial charge in [0.25, 0.3) is 0 Å². The van der Waals surface area contributed by atoms with E-state index in [1.807, 2.05) is 0 Å². The first kappa shape index (κ1) is 12.4. The molecule has 0 aliphatic heterocycles. The van der Waals surface area contributed by atoms with Crippen LogP contribution in [0.25, 0.3) is 0 Å². The van der Waals surface area contributed by atoms with E-state index in [2.05, 4.69) is 20.3 Å². The number of aromatic nitrogens is 3. The van der Waals surface area contributed by atoms with Crippen molar-refractivity contribution in [1.29, 1.82) is 0 Å². The molecule has 1 aromatic carbocycles. The number of ether oxygens (including phenoxy) is 2. The molecule has 94 valence electrons. The molecule has 0 bridgehead atoms. The fourth-order valence-electron chi connectivity index (χ4n) is 1.35. The second-order valence-electron chi connectivity index (χ2n) is 3.30. The van der Waals surface area contributed by atoms with Gasteiger partial charge in [0, 0.05) is 23.9 Å². The highest BCUT2D eigenvalue weighted by Gasteiger charge is 2.04. The van der Waals surface area contributed by atoms with E-state index in [4.69, 9.17) is 21.1 Å². The van der Waals surface area contributed by atoms with Gasteiger partial charge in [-0.05, 0) is 11.6 Å². The minimum Gasteiger partial charge on any atom is -0.497 e. The Labute approximate surface area is 109 Å². The molecular weight excluding hydrogens is 256 g/mol. The van der Waals surface area contributed by atoms with Crippen LogP contribution >= 0.6 is 11.6 Å². The number of benzene rings is 1. The van der Waals surface area contributed by atoms with Crippen LogP contribution in [0.3, 0.4) is 0 Å². The molecular formula is C11H11ClN4O2. The standard InChI is InChI=1S/C11H11ClN4O2/c1-17-8-3-7(4-9(5-8)18-2)15-11-14-6-13-10(12)16-11/h3-6H,1-2H3,(H,13,14,15,16). The molecule has 0 radical (unpaired) electrons. The van der Waals surface area contributed by atoms with Gasteiger partial charge in [-0.2, -0.15) is 4.98 Å². The van der Waals surface area contributed by atoms with Gasteiger partial charge in [-0.15, -0.1) is 0 Å². The SMILES string of the molecule is COc1cc(Nc2ncnc(Cl)n2)cc(OC)c1. The Hall–Kier alpha value is -2.08. The Morgan fingerprint density at radius 3 is 2.28 bits per heavy atom. The lowest BCUT2D eigenvalue weighted by atomic mass is 10.3. The van der Waals surface area contributed by atoms with Crippen molar-refractivity contribution >= 4 is 23.2 Å². The number of halogens is 1. The fraction of sp³-hybridized carbons (Fsp3) is 0.182. The average Bonchev–Trinajstić information content (AvgIpc) is 2.38. The number of nitrogens with one attached hydrogen (secondary N) is 1. The van der Waals surface area contributed by atoms with Crippen molar-refractivity contribution in [3.63, 3.8) is 0 Å². The molecule has 0 saturated carbocycles. The van der Waals surface area contributed by atoms with E-state index >= 15 is 0 Å². The van der Waals surface area contributed by atoms with Crippen molar-refractivity contribution < 1.29 is 9.47 Å². The highest BCUT2D eigenvalue weighted by Crippen LogP contribution is 2.27. The highest BCUT2D eigenvalue weighted by atomic mass is 35.5. The molecule has 0 atom stereocenters. The molecule has 0 amide bonds. The third-order valence-electron chi connectivity index (χ3n) is 2.15. The predicted molar refractivity (Wildman–Crippen MR) is 67.7 cm³/mol. The number of nitrogens with zero attached hydrogens (tertiary/aromatic N) is 3. The zero-order valence-corrected chi connectivity index (χ0v) is 10.6. The van der Waals surface area contributed by atoms with Crippen LogP contribution in [0, 0.1) is 0 Å². The van der Waals surface area contributed by atoms with E-state index in [0.29, 0.717) is 17.4 Å². The van der Waals surface area contributed by atoms with Gasteiger partial charge in [0.2, 0.25) is 11.2 Å². The van der Waals surface area contributed by atoms with Crippen LogP contribution in [0.1, 0.15) is 0 Å². The summed E-state index contributed by atoms with van der Waals surface area (Å²) >= 11 is 5.68. The van der Waals surface area contributed by atoms with Crippen LogP contribution < -0.4 is 14.8 Å². The van der Waals surface area contributed by atoms with Gasteiger partial charge in [0.05, 0.1) is 14.2 Å². The summed E-state index contributed by atoms with van der Waals surface area (Å²) in [5.41, 5.74) is 0.730. The summed E-state index contributed by atoms with van der Waals surface area (Å²) in [5, 5.41) is 3.11. The zero-order valence-electron chi connectivity index (χ0n) is 9.85. The Kier molecular flexibility index (Phi) is 3.78. The summed E-state index contributed by atoms with van der Waals surface area (Å²) in [6, 6.07) is 5.35. The Bertz CT molecular complexity index is 528. The van der Waals surface area contributed by atoms with E-state index in [1.54, 1.807) is 32.4 Å². The first-order valence-corrected chi connectivity index (χ1v) is 5.43. The van der Waals surface area contributed by atoms with Crippen molar-refractivity contribution in [2.45, 2.75) is 0 Å². The minimum absolute atomic E-state index is 0.127. The number of methoxy groups -OCH3 is 2. The smallest absolute Gasteiger partial charge is 0.231 e. The third kappa shape index (κ3) is 2.98. The topological polar surface area (TPSA) is 69.2 Å². The minimum atomic E-state index is 0.127. The van der Waals surface area contributed by atoms with Gasteiger partial charge in [-0.1, -0.05) is 0 Å². The van der Waals surface area contributed by atoms with Crippen LogP contribution in [0.15, 0.2) is 24.5 Å². The molecule has 6 nitrogen and oxygen atoms in total. The average molecular weight is 267 g/mol. The van der Waals surface area contributed by atoms with Crippen LogP contribution in [0.5, 0.6) is 11.5 Å². The second kappa shape index (κ2) is 5.50. The van der Waals surface area contributed by atoms with Crippen LogP contribution in [-0.2, 0) is 0 Å². The van der Waals surface area contributed by atoms with Gasteiger partial charge in [0.15, 0.2) is 0 Å². The fourth-order valence-corrected chi connectivity index (χ4v) is 1.47. The molecule has 0 unspecified atom stereocenters. The van der Waals surface area contributed by atoms with Crippen LogP contribution in [-0.4, -0.2) is 29.2 Å². The Balaban J connectivity index is 2.28. The molecule has 0 aliphatic carbocycles. The van der Waals surface area contributed by atoms with E-state index < -0.39 is 0 Å². The summed E-state index contributed by atoms with van der Waals surface area (Å²) in [5.74, 6) is 1.68. The largest absolute Gasteiger partial charge is 0.497 e. The second-order valence-corrected chi connectivity index (χ2v) is 3.64. The summed E-state index contributed by atoms with van der Waals surface area (Å²) in [7, 11) is 3.16. The number of rotatable bonds is 4. The first-order chi connectivity index (χ1) is 8.71. The summed E-state index contributed by atoms with van der Waals surface area (Å²) in [6.07, 6.45) is 1.33. The van der Waals surface area contributed by atoms with E-state index in [1.165, 1.54) is 6.33 Å². The molecule has 0 saturated heterocycles. The van der Waals surface area contributed by atoms with Crippen LogP contribution in [0.2, 0.25) is 5.28 Å². The summed E-state index contributed by atoms with van der Waals surface area (Å²) in [6.45, 7) is 0. The number of anilines is 2. The van der Waals surface area contributed by atoms with E-state index in [-0.39, 0.29) is 5.28 Å². The maximum Gasteiger partial charge on any atom is 0.231 e. The van der Waals surface area contributed by atoms with Gasteiger partial charge < -0.3 is 14.8 Å². The van der Waals surface area contributed by atoms with Gasteiger partial charge in [0.1, 0.15) is 17.8 Å². The molecule has 7 heteroatoms. The lowest BCUT2D eigenvalue weighted by Crippen LogP contribution is -1.99. The van der Waals surface area contributed by atoms with Gasteiger partial charge in [-0.25, -0.2) is 9.97 Å². The molecule has 2 aromatic rings. The molecule has 2 rings (SSSR count). The van der Waals surface area contributed by atoms with Crippen molar-refractivity contribution in [2.75, 3.05) is 19.5 Å². The van der Waals surface area contributed by atoms with Crippen molar-refractivity contribution in [3.8, 4) is 11.5 Å². The summed E-state index contributed by atoms with van der Waals surface area (Å²) in [4.78, 5) is 11.6. The lowest BCUT2D eigenvalue weighted by Gasteiger charge is -2.09. The normalized spacial score (nSPS) is 9.94. The molecule has 1 aromatic heterocycles. The number of hydrogen-bond acceptors (Lipinski definition) is 6. The highest BCUT2D eigenvalue weighted by molar-refractivity contribution is 6.28. The molecule has 0 fully saturated rings. The lowest BCUT2D eigenvalue weighted by molar-refractivity contribution is 0.395. The molecule has 1 heterocycles. The Morgan fingerprint density at radius 2 is 1.72 bits per heavy atom. The maximum absolute atomic E-state index is 5.68. The molecule has 0 aliphatic rings. The maximum atomic E-state index is 5.68. The van der Waals surface area contributed by atoms with Crippen molar-refractivity contribution in [1.82, 2.24) is 15.0 Å². The van der Waals surface area contributed by atoms with E-state index in [0.717, 1.165) is 5.69 Å². The zero-order chi connectivity index (χ0) is 13.0. The molecule has 18 heavy (non-hydrogen) atoms. The van der Waals surface area contributed by atoms with E-state index in [9.17, 15) is 0 Å². The first-order valence-electron chi connectivity index (χ1n) is 5.06. The van der Waals surface area contributed by atoms with Gasteiger partial charge in [-0.3, -0.25) is 0 Å². The number of hydrogen-bond donors (Lipinski definition) is 1. The van der Waals surface area contributed by atoms with Crippen molar-refractivity contribution in [3.05, 3.63) is 29.8 Å². The quantitative estimate of drug-likeness (QED) is 0.916. The third-order valence-corrected chi connectivity index (χ3v) is 2.33.